The van der Waals surface area contributed by atoms with Crippen molar-refractivity contribution in [1.82, 2.24) is 15.5 Å². The number of carbonyl (C=O) groups excluding carboxylic acids is 3. The minimum atomic E-state index is -1.13. The molecule has 2 fully saturated rings. The molecule has 0 spiro atoms. The molecule has 1 unspecified atom stereocenters. The fourth-order valence-corrected chi connectivity index (χ4v) is 3.74. The molecule has 1 saturated carbocycles. The minimum Gasteiger partial charge on any atom is -0.352 e. The molecule has 4 amide bonds. The standard InChI is InChI=1S/C20H27N3O3/c1-13-4-8-15(9-5-13)20(3)18(25)23(19(26)22-20)12-17(24)21-16-10-6-14(2)7-11-16/h4-5,8-9,14,16H,6-7,10-12H2,1-3H3,(H,21,24)(H,22,26). The number of hydrogen-bond donors (Lipinski definition) is 2. The van der Waals surface area contributed by atoms with Crippen molar-refractivity contribution >= 4 is 17.8 Å². The average Bonchev–Trinajstić information content (AvgIpc) is 2.82. The molecule has 3 rings (SSSR count). The van der Waals surface area contributed by atoms with E-state index in [2.05, 4.69) is 17.6 Å². The van der Waals surface area contributed by atoms with Crippen LogP contribution in [0.3, 0.4) is 0 Å². The Morgan fingerprint density at radius 3 is 2.42 bits per heavy atom. The second-order valence-corrected chi connectivity index (χ2v) is 7.84. The van der Waals surface area contributed by atoms with Crippen molar-refractivity contribution in [3.05, 3.63) is 35.4 Å². The van der Waals surface area contributed by atoms with Gasteiger partial charge in [-0.1, -0.05) is 36.8 Å². The Morgan fingerprint density at radius 2 is 1.81 bits per heavy atom. The Balaban J connectivity index is 1.65. The van der Waals surface area contributed by atoms with Gasteiger partial charge < -0.3 is 10.6 Å². The van der Waals surface area contributed by atoms with E-state index in [1.54, 1.807) is 6.92 Å². The summed E-state index contributed by atoms with van der Waals surface area (Å²) in [6.07, 6.45) is 4.10. The highest BCUT2D eigenvalue weighted by atomic mass is 16.2. The number of benzene rings is 1. The zero-order valence-electron chi connectivity index (χ0n) is 15.7. The van der Waals surface area contributed by atoms with Gasteiger partial charge in [-0.2, -0.15) is 0 Å². The topological polar surface area (TPSA) is 78.5 Å². The number of aryl methyl sites for hydroxylation is 1. The smallest absolute Gasteiger partial charge is 0.325 e. The Bertz CT molecular complexity index is 708. The highest BCUT2D eigenvalue weighted by molar-refractivity contribution is 6.09. The molecule has 2 aliphatic rings. The van der Waals surface area contributed by atoms with Gasteiger partial charge in [0.2, 0.25) is 5.91 Å². The number of nitrogens with one attached hydrogen (secondary N) is 2. The van der Waals surface area contributed by atoms with E-state index in [1.165, 1.54) is 0 Å². The van der Waals surface area contributed by atoms with Crippen molar-refractivity contribution in [2.45, 2.75) is 58.0 Å². The highest BCUT2D eigenvalue weighted by Gasteiger charge is 2.49. The third-order valence-corrected chi connectivity index (χ3v) is 5.59. The largest absolute Gasteiger partial charge is 0.352 e. The summed E-state index contributed by atoms with van der Waals surface area (Å²) in [7, 11) is 0. The fourth-order valence-electron chi connectivity index (χ4n) is 3.74. The Kier molecular flexibility index (Phi) is 5.03. The lowest BCUT2D eigenvalue weighted by molar-refractivity contribution is -0.135. The van der Waals surface area contributed by atoms with E-state index in [-0.39, 0.29) is 18.5 Å². The summed E-state index contributed by atoms with van der Waals surface area (Å²) in [5.74, 6) is 0.0317. The second-order valence-electron chi connectivity index (χ2n) is 7.84. The van der Waals surface area contributed by atoms with Crippen molar-refractivity contribution in [2.75, 3.05) is 6.54 Å². The average molecular weight is 357 g/mol. The zero-order valence-corrected chi connectivity index (χ0v) is 15.7. The van der Waals surface area contributed by atoms with E-state index < -0.39 is 17.5 Å². The fraction of sp³-hybridized carbons (Fsp3) is 0.550. The molecule has 1 aromatic carbocycles. The lowest BCUT2D eigenvalue weighted by atomic mass is 9.87. The van der Waals surface area contributed by atoms with Crippen molar-refractivity contribution in [2.24, 2.45) is 5.92 Å². The van der Waals surface area contributed by atoms with Gasteiger partial charge in [0.25, 0.3) is 5.91 Å². The van der Waals surface area contributed by atoms with Gasteiger partial charge in [-0.25, -0.2) is 4.79 Å². The molecule has 1 heterocycles. The van der Waals surface area contributed by atoms with Crippen molar-refractivity contribution in [3.8, 4) is 0 Å². The van der Waals surface area contributed by atoms with E-state index in [9.17, 15) is 14.4 Å². The molecular weight excluding hydrogens is 330 g/mol. The normalized spacial score (nSPS) is 28.8. The van der Waals surface area contributed by atoms with Gasteiger partial charge in [0.15, 0.2) is 0 Å². The molecule has 1 aliphatic heterocycles. The Labute approximate surface area is 154 Å². The van der Waals surface area contributed by atoms with E-state index >= 15 is 0 Å². The lowest BCUT2D eigenvalue weighted by Gasteiger charge is -2.27. The first kappa shape index (κ1) is 18.4. The van der Waals surface area contributed by atoms with Crippen LogP contribution in [0.2, 0.25) is 0 Å². The van der Waals surface area contributed by atoms with Gasteiger partial charge in [0.05, 0.1) is 0 Å². The first-order valence-electron chi connectivity index (χ1n) is 9.30. The summed E-state index contributed by atoms with van der Waals surface area (Å²) in [5.41, 5.74) is 0.656. The van der Waals surface area contributed by atoms with Gasteiger partial charge in [-0.15, -0.1) is 0 Å². The van der Waals surface area contributed by atoms with Crippen LogP contribution in [0.1, 0.15) is 50.7 Å². The van der Waals surface area contributed by atoms with Crippen LogP contribution in [0.4, 0.5) is 4.79 Å². The molecular formula is C20H27N3O3. The van der Waals surface area contributed by atoms with Gasteiger partial charge in [-0.3, -0.25) is 14.5 Å². The lowest BCUT2D eigenvalue weighted by Crippen LogP contribution is -2.46. The SMILES string of the molecule is Cc1ccc(C2(C)NC(=O)N(CC(=O)NC3CCC(C)CC3)C2=O)cc1. The summed E-state index contributed by atoms with van der Waals surface area (Å²) in [5, 5.41) is 5.71. The first-order chi connectivity index (χ1) is 12.3. The molecule has 26 heavy (non-hydrogen) atoms. The van der Waals surface area contributed by atoms with Crippen LogP contribution in [0, 0.1) is 12.8 Å². The summed E-state index contributed by atoms with van der Waals surface area (Å²) in [6, 6.07) is 7.09. The quantitative estimate of drug-likeness (QED) is 0.813. The predicted octanol–water partition coefficient (Wildman–Crippen LogP) is 2.46. The van der Waals surface area contributed by atoms with Crippen LogP contribution in [0.25, 0.3) is 0 Å². The van der Waals surface area contributed by atoms with E-state index in [4.69, 9.17) is 0 Å². The summed E-state index contributed by atoms with van der Waals surface area (Å²) in [6.45, 7) is 5.62. The third-order valence-electron chi connectivity index (χ3n) is 5.59. The van der Waals surface area contributed by atoms with Crippen LogP contribution >= 0.6 is 0 Å². The third kappa shape index (κ3) is 3.59. The molecule has 1 aromatic rings. The monoisotopic (exact) mass is 357 g/mol. The number of amides is 4. The summed E-state index contributed by atoms with van der Waals surface area (Å²) >= 11 is 0. The summed E-state index contributed by atoms with van der Waals surface area (Å²) in [4.78, 5) is 38.5. The number of urea groups is 1. The van der Waals surface area contributed by atoms with Crippen molar-refractivity contribution < 1.29 is 14.4 Å². The number of carbonyl (C=O) groups is 3. The van der Waals surface area contributed by atoms with Gasteiger partial charge in [0.1, 0.15) is 12.1 Å². The van der Waals surface area contributed by atoms with Gasteiger partial charge in [0, 0.05) is 6.04 Å². The van der Waals surface area contributed by atoms with Crippen LogP contribution in [0.5, 0.6) is 0 Å². The Morgan fingerprint density at radius 1 is 1.19 bits per heavy atom. The highest BCUT2D eigenvalue weighted by Crippen LogP contribution is 2.29. The van der Waals surface area contributed by atoms with Crippen molar-refractivity contribution in [3.63, 3.8) is 0 Å². The molecule has 0 radical (unpaired) electrons. The van der Waals surface area contributed by atoms with Crippen LogP contribution < -0.4 is 10.6 Å². The van der Waals surface area contributed by atoms with Crippen LogP contribution in [-0.4, -0.2) is 35.3 Å². The number of rotatable bonds is 4. The van der Waals surface area contributed by atoms with E-state index in [0.29, 0.717) is 11.5 Å². The molecule has 6 nitrogen and oxygen atoms in total. The predicted molar refractivity (Wildman–Crippen MR) is 98.3 cm³/mol. The van der Waals surface area contributed by atoms with Crippen molar-refractivity contribution in [1.29, 1.82) is 0 Å². The first-order valence-corrected chi connectivity index (χ1v) is 9.30. The van der Waals surface area contributed by atoms with Gasteiger partial charge >= 0.3 is 6.03 Å². The molecule has 6 heteroatoms. The molecule has 1 aliphatic carbocycles. The number of hydrogen-bond acceptors (Lipinski definition) is 3. The zero-order chi connectivity index (χ0) is 18.9. The van der Waals surface area contributed by atoms with Crippen LogP contribution in [-0.2, 0) is 15.1 Å². The second kappa shape index (κ2) is 7.09. The van der Waals surface area contributed by atoms with E-state index in [1.807, 2.05) is 31.2 Å². The van der Waals surface area contributed by atoms with Crippen LogP contribution in [0.15, 0.2) is 24.3 Å². The maximum atomic E-state index is 12.9. The van der Waals surface area contributed by atoms with Gasteiger partial charge in [-0.05, 0) is 51.0 Å². The minimum absolute atomic E-state index is 0.142. The number of imide groups is 1. The van der Waals surface area contributed by atoms with E-state index in [0.717, 1.165) is 36.1 Å². The maximum Gasteiger partial charge on any atom is 0.325 e. The molecule has 2 N–H and O–H groups in total. The molecule has 1 atom stereocenters. The molecule has 1 saturated heterocycles. The molecule has 0 aromatic heterocycles. The summed E-state index contributed by atoms with van der Waals surface area (Å²) < 4.78 is 0. The maximum absolute atomic E-state index is 12.9. The molecule has 140 valence electrons. The number of nitrogens with zero attached hydrogens (tertiary/aromatic N) is 1. The Hall–Kier alpha value is -2.37. The molecule has 0 bridgehead atoms.